The lowest BCUT2D eigenvalue weighted by molar-refractivity contribution is -0.166. The van der Waals surface area contributed by atoms with Gasteiger partial charge in [0.15, 0.2) is 0 Å². The van der Waals surface area contributed by atoms with Crippen molar-refractivity contribution < 1.29 is 24.2 Å². The van der Waals surface area contributed by atoms with Gasteiger partial charge in [0.05, 0.1) is 13.7 Å². The van der Waals surface area contributed by atoms with Crippen LogP contribution in [0.15, 0.2) is 30.3 Å². The van der Waals surface area contributed by atoms with E-state index in [1.165, 1.54) is 0 Å². The van der Waals surface area contributed by atoms with Crippen LogP contribution in [0.2, 0.25) is 0 Å². The van der Waals surface area contributed by atoms with Crippen LogP contribution in [0, 0.1) is 0 Å². The van der Waals surface area contributed by atoms with Gasteiger partial charge in [-0.05, 0) is 18.9 Å². The smallest absolute Gasteiger partial charge is 0.409 e. The van der Waals surface area contributed by atoms with Gasteiger partial charge in [0.25, 0.3) is 0 Å². The maximum Gasteiger partial charge on any atom is 0.409 e. The van der Waals surface area contributed by atoms with Crippen LogP contribution in [0.25, 0.3) is 0 Å². The van der Waals surface area contributed by atoms with Crippen LogP contribution in [0.4, 0.5) is 4.79 Å². The Bertz CT molecular complexity index is 448. The number of nitrogens with one attached hydrogen (secondary N) is 1. The molecule has 0 bridgehead atoms. The van der Waals surface area contributed by atoms with Gasteiger partial charge in [-0.1, -0.05) is 30.3 Å². The molecule has 0 aromatic heterocycles. The zero-order valence-corrected chi connectivity index (χ0v) is 11.6. The van der Waals surface area contributed by atoms with Gasteiger partial charge in [-0.15, -0.1) is 0 Å². The Morgan fingerprint density at radius 1 is 1.30 bits per heavy atom. The predicted molar refractivity (Wildman–Crippen MR) is 71.9 cm³/mol. The summed E-state index contributed by atoms with van der Waals surface area (Å²) in [5, 5.41) is 12.4. The highest BCUT2D eigenvalue weighted by atomic mass is 16.6. The number of hydrogen-bond acceptors (Lipinski definition) is 5. The monoisotopic (exact) mass is 281 g/mol. The van der Waals surface area contributed by atoms with Crippen molar-refractivity contribution in [2.75, 3.05) is 13.7 Å². The highest BCUT2D eigenvalue weighted by Gasteiger charge is 2.39. The molecule has 0 spiro atoms. The first-order chi connectivity index (χ1) is 9.51. The first kappa shape index (κ1) is 16.0. The van der Waals surface area contributed by atoms with E-state index in [0.717, 1.165) is 12.7 Å². The van der Waals surface area contributed by atoms with E-state index in [-0.39, 0.29) is 13.0 Å². The number of rotatable bonds is 6. The van der Waals surface area contributed by atoms with E-state index < -0.39 is 17.8 Å². The third-order valence-corrected chi connectivity index (χ3v) is 2.73. The topological polar surface area (TPSA) is 84.9 Å². The van der Waals surface area contributed by atoms with Gasteiger partial charge in [-0.3, -0.25) is 5.32 Å². The molecule has 6 nitrogen and oxygen atoms in total. The van der Waals surface area contributed by atoms with Gasteiger partial charge < -0.3 is 14.6 Å². The highest BCUT2D eigenvalue weighted by molar-refractivity contribution is 5.83. The molecule has 1 aromatic rings. The maximum atomic E-state index is 11.7. The fourth-order valence-corrected chi connectivity index (χ4v) is 1.69. The molecule has 2 N–H and O–H groups in total. The van der Waals surface area contributed by atoms with E-state index >= 15 is 0 Å². The van der Waals surface area contributed by atoms with Crippen molar-refractivity contribution in [3.63, 3.8) is 0 Å². The van der Waals surface area contributed by atoms with Crippen LogP contribution in [0.1, 0.15) is 18.9 Å². The fourth-order valence-electron chi connectivity index (χ4n) is 1.69. The Morgan fingerprint density at radius 3 is 2.50 bits per heavy atom. The van der Waals surface area contributed by atoms with Crippen LogP contribution in [-0.2, 0) is 20.7 Å². The van der Waals surface area contributed by atoms with E-state index in [4.69, 9.17) is 0 Å². The van der Waals surface area contributed by atoms with Gasteiger partial charge >= 0.3 is 12.1 Å². The number of carbonyl (C=O) groups excluding carboxylic acids is 2. The number of methoxy groups -OCH3 is 1. The molecule has 0 radical (unpaired) electrons. The molecule has 1 unspecified atom stereocenters. The van der Waals surface area contributed by atoms with Crippen molar-refractivity contribution in [2.45, 2.75) is 25.5 Å². The first-order valence-electron chi connectivity index (χ1n) is 6.31. The average Bonchev–Trinajstić information content (AvgIpc) is 2.45. The number of aliphatic hydroxyl groups is 1. The summed E-state index contributed by atoms with van der Waals surface area (Å²) in [6.45, 7) is 1.77. The van der Waals surface area contributed by atoms with Gasteiger partial charge in [0.2, 0.25) is 5.72 Å². The molecule has 110 valence electrons. The zero-order valence-electron chi connectivity index (χ0n) is 11.6. The average molecular weight is 281 g/mol. The summed E-state index contributed by atoms with van der Waals surface area (Å²) in [6, 6.07) is 9.30. The molecular formula is C14H19NO5. The number of aryl methyl sites for hydroxylation is 1. The molecule has 0 aliphatic rings. The van der Waals surface area contributed by atoms with E-state index in [0.29, 0.717) is 6.42 Å². The third kappa shape index (κ3) is 4.55. The number of benzene rings is 1. The summed E-state index contributed by atoms with van der Waals surface area (Å²) in [5.74, 6) is -0.929. The lowest BCUT2D eigenvalue weighted by Gasteiger charge is -2.25. The summed E-state index contributed by atoms with van der Waals surface area (Å²) in [7, 11) is 1.14. The predicted octanol–water partition coefficient (Wildman–Crippen LogP) is 1.23. The molecule has 0 aliphatic heterocycles. The number of hydrogen-bond donors (Lipinski definition) is 2. The van der Waals surface area contributed by atoms with Crippen LogP contribution in [-0.4, -0.2) is 36.6 Å². The summed E-state index contributed by atoms with van der Waals surface area (Å²) in [4.78, 5) is 23.0. The first-order valence-corrected chi connectivity index (χ1v) is 6.31. The number of carbonyl (C=O) groups is 2. The number of ether oxygens (including phenoxy) is 2. The minimum Gasteiger partial charge on any atom is -0.465 e. The van der Waals surface area contributed by atoms with Gasteiger partial charge in [0.1, 0.15) is 0 Å². The Kier molecular flexibility index (Phi) is 5.99. The Hall–Kier alpha value is -2.08. The lowest BCUT2D eigenvalue weighted by Crippen LogP contribution is -2.55. The molecule has 1 rings (SSSR count). The second-order valence-corrected chi connectivity index (χ2v) is 4.18. The van der Waals surface area contributed by atoms with Crippen LogP contribution < -0.4 is 5.32 Å². The molecular weight excluding hydrogens is 262 g/mol. The third-order valence-electron chi connectivity index (χ3n) is 2.73. The Balaban J connectivity index is 2.73. The molecule has 0 saturated heterocycles. The molecule has 6 heteroatoms. The quantitative estimate of drug-likeness (QED) is 0.605. The summed E-state index contributed by atoms with van der Waals surface area (Å²) >= 11 is 0. The molecule has 20 heavy (non-hydrogen) atoms. The SMILES string of the molecule is CCOC(=O)NC(O)(CCc1ccccc1)C(=O)OC. The number of amides is 1. The molecule has 1 atom stereocenters. The fraction of sp³-hybridized carbons (Fsp3) is 0.429. The zero-order chi connectivity index (χ0) is 15.0. The molecule has 0 aliphatic carbocycles. The summed E-state index contributed by atoms with van der Waals surface area (Å²) < 4.78 is 9.19. The molecule has 0 heterocycles. The van der Waals surface area contributed by atoms with Crippen molar-refractivity contribution in [1.29, 1.82) is 0 Å². The van der Waals surface area contributed by atoms with Crippen LogP contribution >= 0.6 is 0 Å². The van der Waals surface area contributed by atoms with E-state index in [9.17, 15) is 14.7 Å². The molecule has 0 saturated carbocycles. The maximum absolute atomic E-state index is 11.7. The summed E-state index contributed by atoms with van der Waals surface area (Å²) in [5.41, 5.74) is -1.17. The minimum atomic E-state index is -2.10. The lowest BCUT2D eigenvalue weighted by atomic mass is 10.0. The van der Waals surface area contributed by atoms with Crippen molar-refractivity contribution in [1.82, 2.24) is 5.32 Å². The Morgan fingerprint density at radius 2 is 1.95 bits per heavy atom. The Labute approximate surface area is 117 Å². The second kappa shape index (κ2) is 7.49. The van der Waals surface area contributed by atoms with Crippen molar-refractivity contribution >= 4 is 12.1 Å². The van der Waals surface area contributed by atoms with Crippen LogP contribution in [0.5, 0.6) is 0 Å². The molecule has 1 aromatic carbocycles. The normalized spacial score (nSPS) is 13.2. The van der Waals surface area contributed by atoms with E-state index in [1.54, 1.807) is 6.92 Å². The minimum absolute atomic E-state index is 0.0114. The largest absolute Gasteiger partial charge is 0.465 e. The number of alkyl carbamates (subject to hydrolysis) is 1. The van der Waals surface area contributed by atoms with Gasteiger partial charge in [0, 0.05) is 6.42 Å². The van der Waals surface area contributed by atoms with Crippen molar-refractivity contribution in [2.24, 2.45) is 0 Å². The van der Waals surface area contributed by atoms with E-state index in [1.807, 2.05) is 30.3 Å². The highest BCUT2D eigenvalue weighted by Crippen LogP contribution is 2.14. The van der Waals surface area contributed by atoms with Crippen molar-refractivity contribution in [3.05, 3.63) is 35.9 Å². The van der Waals surface area contributed by atoms with Crippen LogP contribution in [0.3, 0.4) is 0 Å². The summed E-state index contributed by atoms with van der Waals surface area (Å²) in [6.07, 6.45) is -0.477. The molecule has 0 fully saturated rings. The van der Waals surface area contributed by atoms with Crippen molar-refractivity contribution in [3.8, 4) is 0 Å². The second-order valence-electron chi connectivity index (χ2n) is 4.18. The number of esters is 1. The van der Waals surface area contributed by atoms with Gasteiger partial charge in [-0.2, -0.15) is 0 Å². The van der Waals surface area contributed by atoms with Gasteiger partial charge in [-0.25, -0.2) is 9.59 Å². The standard InChI is InChI=1S/C14H19NO5/c1-3-20-13(17)15-14(18,12(16)19-2)10-9-11-7-5-4-6-8-11/h4-8,18H,3,9-10H2,1-2H3,(H,15,17). The van der Waals surface area contributed by atoms with E-state index in [2.05, 4.69) is 14.8 Å². The molecule has 1 amide bonds.